The van der Waals surface area contributed by atoms with Crippen LogP contribution in [-0.4, -0.2) is 29.6 Å². The molecule has 4 nitrogen and oxygen atoms in total. The lowest BCUT2D eigenvalue weighted by Crippen LogP contribution is -2.06. The predicted molar refractivity (Wildman–Crippen MR) is 65.6 cm³/mol. The van der Waals surface area contributed by atoms with Gasteiger partial charge in [0.2, 0.25) is 0 Å². The molecule has 1 heterocycles. The van der Waals surface area contributed by atoms with Gasteiger partial charge in [-0.1, -0.05) is 6.07 Å². The van der Waals surface area contributed by atoms with Crippen LogP contribution in [0.25, 0.3) is 5.69 Å². The van der Waals surface area contributed by atoms with Crippen molar-refractivity contribution in [3.63, 3.8) is 0 Å². The molecule has 0 bridgehead atoms. The summed E-state index contributed by atoms with van der Waals surface area (Å²) in [7, 11) is 0. The van der Waals surface area contributed by atoms with Crippen LogP contribution in [0.15, 0.2) is 42.7 Å². The second-order valence-corrected chi connectivity index (χ2v) is 3.49. The minimum absolute atomic E-state index is 0.566. The molecular weight excluding hydrogens is 216 g/mol. The third-order valence-corrected chi connectivity index (χ3v) is 2.29. The van der Waals surface area contributed by atoms with Gasteiger partial charge in [-0.2, -0.15) is 5.10 Å². The van der Waals surface area contributed by atoms with Crippen LogP contribution in [0.1, 0.15) is 6.92 Å². The van der Waals surface area contributed by atoms with Gasteiger partial charge in [-0.3, -0.25) is 0 Å². The standard InChI is InChI=1S/C13H16N2O2/c1-2-16-9-10-17-13-6-3-5-12(11-13)15-8-4-7-14-15/h3-8,11H,2,9-10H2,1H3. The fourth-order valence-electron chi connectivity index (χ4n) is 1.50. The lowest BCUT2D eigenvalue weighted by molar-refractivity contribution is 0.110. The molecule has 1 aromatic carbocycles. The summed E-state index contributed by atoms with van der Waals surface area (Å²) < 4.78 is 12.6. The topological polar surface area (TPSA) is 36.3 Å². The second kappa shape index (κ2) is 6.06. The first-order valence-corrected chi connectivity index (χ1v) is 5.71. The van der Waals surface area contributed by atoms with Gasteiger partial charge in [0, 0.05) is 25.1 Å². The van der Waals surface area contributed by atoms with Gasteiger partial charge < -0.3 is 9.47 Å². The molecule has 0 aliphatic heterocycles. The van der Waals surface area contributed by atoms with Crippen LogP contribution < -0.4 is 4.74 Å². The molecule has 0 N–H and O–H groups in total. The predicted octanol–water partition coefficient (Wildman–Crippen LogP) is 2.29. The van der Waals surface area contributed by atoms with E-state index in [1.54, 1.807) is 10.9 Å². The number of nitrogens with zero attached hydrogens (tertiary/aromatic N) is 2. The maximum absolute atomic E-state index is 5.58. The number of ether oxygens (including phenoxy) is 2. The largest absolute Gasteiger partial charge is 0.491 e. The summed E-state index contributed by atoms with van der Waals surface area (Å²) in [5.74, 6) is 0.831. The molecule has 1 aromatic heterocycles. The molecule has 0 fully saturated rings. The molecule has 0 unspecified atom stereocenters. The molecule has 2 rings (SSSR count). The number of benzene rings is 1. The third-order valence-electron chi connectivity index (χ3n) is 2.29. The summed E-state index contributed by atoms with van der Waals surface area (Å²) in [6.07, 6.45) is 3.65. The number of hydrogen-bond acceptors (Lipinski definition) is 3. The van der Waals surface area contributed by atoms with Crippen molar-refractivity contribution in [3.8, 4) is 11.4 Å². The molecule has 2 aromatic rings. The van der Waals surface area contributed by atoms with Crippen molar-refractivity contribution in [2.75, 3.05) is 19.8 Å². The van der Waals surface area contributed by atoms with Crippen molar-refractivity contribution in [3.05, 3.63) is 42.7 Å². The Balaban J connectivity index is 1.97. The molecule has 0 amide bonds. The Kier molecular flexibility index (Phi) is 4.16. The van der Waals surface area contributed by atoms with E-state index in [4.69, 9.17) is 9.47 Å². The van der Waals surface area contributed by atoms with E-state index < -0.39 is 0 Å². The maximum Gasteiger partial charge on any atom is 0.121 e. The van der Waals surface area contributed by atoms with Gasteiger partial charge in [0.1, 0.15) is 12.4 Å². The highest BCUT2D eigenvalue weighted by atomic mass is 16.5. The van der Waals surface area contributed by atoms with Crippen molar-refractivity contribution in [1.29, 1.82) is 0 Å². The van der Waals surface area contributed by atoms with Gasteiger partial charge in [-0.05, 0) is 25.1 Å². The van der Waals surface area contributed by atoms with E-state index in [1.165, 1.54) is 0 Å². The van der Waals surface area contributed by atoms with Crippen LogP contribution in [0, 0.1) is 0 Å². The number of rotatable bonds is 6. The highest BCUT2D eigenvalue weighted by Gasteiger charge is 1.99. The first-order valence-electron chi connectivity index (χ1n) is 5.71. The van der Waals surface area contributed by atoms with Gasteiger partial charge in [0.05, 0.1) is 12.3 Å². The van der Waals surface area contributed by atoms with E-state index in [0.29, 0.717) is 13.2 Å². The molecule has 17 heavy (non-hydrogen) atoms. The van der Waals surface area contributed by atoms with Crippen molar-refractivity contribution >= 4 is 0 Å². The quantitative estimate of drug-likeness (QED) is 0.717. The molecule has 90 valence electrons. The third kappa shape index (κ3) is 3.32. The smallest absolute Gasteiger partial charge is 0.121 e. The van der Waals surface area contributed by atoms with E-state index >= 15 is 0 Å². The molecule has 0 aliphatic carbocycles. The van der Waals surface area contributed by atoms with E-state index in [2.05, 4.69) is 5.10 Å². The van der Waals surface area contributed by atoms with Gasteiger partial charge in [0.25, 0.3) is 0 Å². The van der Waals surface area contributed by atoms with Crippen LogP contribution >= 0.6 is 0 Å². The van der Waals surface area contributed by atoms with Gasteiger partial charge in [-0.15, -0.1) is 0 Å². The first kappa shape index (κ1) is 11.7. The summed E-state index contributed by atoms with van der Waals surface area (Å²) >= 11 is 0. The zero-order valence-electron chi connectivity index (χ0n) is 9.87. The molecular formula is C13H16N2O2. The van der Waals surface area contributed by atoms with E-state index in [1.807, 2.05) is 43.5 Å². The second-order valence-electron chi connectivity index (χ2n) is 3.49. The number of hydrogen-bond donors (Lipinski definition) is 0. The minimum atomic E-state index is 0.566. The van der Waals surface area contributed by atoms with Gasteiger partial charge in [0.15, 0.2) is 0 Å². The van der Waals surface area contributed by atoms with E-state index in [-0.39, 0.29) is 0 Å². The summed E-state index contributed by atoms with van der Waals surface area (Å²) in [4.78, 5) is 0. The summed E-state index contributed by atoms with van der Waals surface area (Å²) in [6.45, 7) is 3.87. The molecule has 0 spiro atoms. The fraction of sp³-hybridized carbons (Fsp3) is 0.308. The van der Waals surface area contributed by atoms with Gasteiger partial charge in [-0.25, -0.2) is 4.68 Å². The van der Waals surface area contributed by atoms with Crippen molar-refractivity contribution in [2.45, 2.75) is 6.92 Å². The van der Waals surface area contributed by atoms with Crippen LogP contribution in [0.5, 0.6) is 5.75 Å². The molecule has 4 heteroatoms. The highest BCUT2D eigenvalue weighted by molar-refractivity contribution is 5.38. The Morgan fingerprint density at radius 2 is 2.18 bits per heavy atom. The van der Waals surface area contributed by atoms with Crippen LogP contribution in [0.2, 0.25) is 0 Å². The van der Waals surface area contributed by atoms with Crippen LogP contribution in [-0.2, 0) is 4.74 Å². The molecule has 0 atom stereocenters. The monoisotopic (exact) mass is 232 g/mol. The maximum atomic E-state index is 5.58. The zero-order valence-corrected chi connectivity index (χ0v) is 9.87. The van der Waals surface area contributed by atoms with Crippen molar-refractivity contribution in [1.82, 2.24) is 9.78 Å². The first-order chi connectivity index (χ1) is 8.40. The zero-order chi connectivity index (χ0) is 11.9. The average Bonchev–Trinajstić information content (AvgIpc) is 2.89. The Bertz CT molecular complexity index is 440. The molecule has 0 radical (unpaired) electrons. The van der Waals surface area contributed by atoms with Crippen LogP contribution in [0.3, 0.4) is 0 Å². The van der Waals surface area contributed by atoms with E-state index in [0.717, 1.165) is 18.0 Å². The van der Waals surface area contributed by atoms with Crippen molar-refractivity contribution < 1.29 is 9.47 Å². The fourth-order valence-corrected chi connectivity index (χ4v) is 1.50. The summed E-state index contributed by atoms with van der Waals surface area (Å²) in [6, 6.07) is 9.72. The minimum Gasteiger partial charge on any atom is -0.491 e. The Morgan fingerprint density at radius 1 is 1.24 bits per heavy atom. The lowest BCUT2D eigenvalue weighted by atomic mass is 10.3. The Hall–Kier alpha value is -1.81. The Morgan fingerprint density at radius 3 is 2.94 bits per heavy atom. The van der Waals surface area contributed by atoms with Gasteiger partial charge >= 0.3 is 0 Å². The Labute approximate surface area is 101 Å². The summed E-state index contributed by atoms with van der Waals surface area (Å²) in [5.41, 5.74) is 0.990. The number of aromatic nitrogens is 2. The van der Waals surface area contributed by atoms with Crippen LogP contribution in [0.4, 0.5) is 0 Å². The molecule has 0 saturated heterocycles. The molecule has 0 aliphatic rings. The summed E-state index contributed by atoms with van der Waals surface area (Å²) in [5, 5.41) is 4.17. The normalized spacial score (nSPS) is 10.4. The van der Waals surface area contributed by atoms with E-state index in [9.17, 15) is 0 Å². The SMILES string of the molecule is CCOCCOc1cccc(-n2cccn2)c1. The van der Waals surface area contributed by atoms with Crippen molar-refractivity contribution in [2.24, 2.45) is 0 Å². The average molecular weight is 232 g/mol. The molecule has 0 saturated carbocycles. The lowest BCUT2D eigenvalue weighted by Gasteiger charge is -2.08. The highest BCUT2D eigenvalue weighted by Crippen LogP contribution is 2.15.